The Kier molecular flexibility index (Phi) is 6.33. The minimum atomic E-state index is -1.02. The number of benzene rings is 3. The Morgan fingerprint density at radius 3 is 2.44 bits per heavy atom. The van der Waals surface area contributed by atoms with Crippen LogP contribution in [0.3, 0.4) is 0 Å². The maximum atomic E-state index is 13.2. The van der Waals surface area contributed by atoms with Gasteiger partial charge < -0.3 is 19.1 Å². The molecule has 2 atom stereocenters. The van der Waals surface area contributed by atoms with Gasteiger partial charge in [-0.05, 0) is 76.3 Å². The number of fused-ring (bicyclic) bond motifs is 4. The molecule has 1 spiro atoms. The fraction of sp³-hybridized carbons (Fsp3) is 0.387. The second kappa shape index (κ2) is 9.08. The first-order valence-electron chi connectivity index (χ1n) is 12.9. The van der Waals surface area contributed by atoms with E-state index in [1.807, 2.05) is 49.7 Å². The number of carbonyl (C=O) groups is 2. The number of methoxy groups -OCH3 is 1. The number of aliphatic imine (C=N–C) groups is 1. The lowest BCUT2D eigenvalue weighted by molar-refractivity contribution is -0.148. The van der Waals surface area contributed by atoms with E-state index in [1.54, 1.807) is 26.8 Å². The van der Waals surface area contributed by atoms with E-state index < -0.39 is 27.4 Å². The highest BCUT2D eigenvalue weighted by Crippen LogP contribution is 2.54. The predicted molar refractivity (Wildman–Crippen MR) is 157 cm³/mol. The molecule has 0 amide bonds. The van der Waals surface area contributed by atoms with Gasteiger partial charge in [0, 0.05) is 18.1 Å². The molecule has 0 aliphatic carbocycles. The zero-order valence-corrected chi connectivity index (χ0v) is 24.9. The molecule has 5 rings (SSSR count). The molecular formula is C31H33BrN2O5. The highest BCUT2D eigenvalue weighted by atomic mass is 79.9. The van der Waals surface area contributed by atoms with Crippen molar-refractivity contribution in [3.8, 4) is 11.5 Å². The second-order valence-corrected chi connectivity index (χ2v) is 13.4. The van der Waals surface area contributed by atoms with Gasteiger partial charge >= 0.3 is 11.9 Å². The minimum absolute atomic E-state index is 0.195. The highest BCUT2D eigenvalue weighted by molar-refractivity contribution is 9.10. The molecule has 3 aromatic carbocycles. The number of hydrogen-bond donors (Lipinski definition) is 0. The van der Waals surface area contributed by atoms with Gasteiger partial charge in [-0.15, -0.1) is 0 Å². The van der Waals surface area contributed by atoms with E-state index in [4.69, 9.17) is 19.2 Å². The molecule has 8 heteroatoms. The van der Waals surface area contributed by atoms with E-state index in [0.717, 1.165) is 16.5 Å². The van der Waals surface area contributed by atoms with Crippen molar-refractivity contribution in [2.75, 3.05) is 19.1 Å². The first-order valence-corrected chi connectivity index (χ1v) is 13.7. The molecule has 2 aliphatic heterocycles. The molecule has 7 nitrogen and oxygen atoms in total. The quantitative estimate of drug-likeness (QED) is 0.186. The zero-order valence-electron chi connectivity index (χ0n) is 23.3. The standard InChI is InChI=1S/C31H33BrN2O5/c1-28(2,17-30(5,32)27(36)37-7)26(35)38-20-14-12-19-13-15-24-25(21(19)16-20)33-18-31(39-24)29(3,4)22-10-8-9-11-23(22)34(31)6/h8-16,18H,17H2,1-7H3. The normalized spacial score (nSPS) is 20.7. The van der Waals surface area contributed by atoms with Crippen molar-refractivity contribution >= 4 is 56.2 Å². The van der Waals surface area contributed by atoms with Gasteiger partial charge in [0.2, 0.25) is 5.72 Å². The van der Waals surface area contributed by atoms with Crippen molar-refractivity contribution in [1.29, 1.82) is 0 Å². The molecule has 204 valence electrons. The van der Waals surface area contributed by atoms with E-state index in [0.29, 0.717) is 17.2 Å². The number of alkyl halides is 1. The lowest BCUT2D eigenvalue weighted by Crippen LogP contribution is -2.61. The fourth-order valence-electron chi connectivity index (χ4n) is 5.85. The van der Waals surface area contributed by atoms with Gasteiger partial charge in [-0.1, -0.05) is 46.3 Å². The molecule has 0 saturated carbocycles. The average Bonchev–Trinajstić information content (AvgIpc) is 3.05. The first-order chi connectivity index (χ1) is 18.2. The maximum Gasteiger partial charge on any atom is 0.322 e. The second-order valence-electron chi connectivity index (χ2n) is 11.7. The van der Waals surface area contributed by atoms with Crippen molar-refractivity contribution in [2.24, 2.45) is 10.4 Å². The van der Waals surface area contributed by atoms with Crippen molar-refractivity contribution in [2.45, 2.75) is 56.5 Å². The molecule has 0 N–H and O–H groups in total. The highest BCUT2D eigenvalue weighted by Gasteiger charge is 2.58. The van der Waals surface area contributed by atoms with Gasteiger partial charge in [0.05, 0.1) is 24.2 Å². The number of rotatable bonds is 5. The Morgan fingerprint density at radius 1 is 1.05 bits per heavy atom. The van der Waals surface area contributed by atoms with Crippen LogP contribution in [0.25, 0.3) is 10.8 Å². The molecule has 2 unspecified atom stereocenters. The van der Waals surface area contributed by atoms with Gasteiger partial charge in [-0.2, -0.15) is 0 Å². The monoisotopic (exact) mass is 592 g/mol. The molecule has 0 aromatic heterocycles. The Bertz CT molecular complexity index is 1530. The summed E-state index contributed by atoms with van der Waals surface area (Å²) in [6.07, 6.45) is 2.08. The maximum absolute atomic E-state index is 13.2. The average molecular weight is 594 g/mol. The van der Waals surface area contributed by atoms with Crippen molar-refractivity contribution < 1.29 is 23.8 Å². The molecule has 3 aromatic rings. The van der Waals surface area contributed by atoms with Crippen LogP contribution < -0.4 is 14.4 Å². The number of halogens is 1. The third-order valence-corrected chi connectivity index (χ3v) is 8.65. The van der Waals surface area contributed by atoms with Crippen LogP contribution in [0.15, 0.2) is 59.6 Å². The summed E-state index contributed by atoms with van der Waals surface area (Å²) in [7, 11) is 3.35. The number of carbonyl (C=O) groups excluding carboxylic acids is 2. The van der Waals surface area contributed by atoms with Crippen molar-refractivity contribution in [3.05, 3.63) is 60.2 Å². The summed E-state index contributed by atoms with van der Waals surface area (Å²) in [5, 5.41) is 1.77. The number of ether oxygens (including phenoxy) is 3. The first kappa shape index (κ1) is 27.2. The van der Waals surface area contributed by atoms with Gasteiger partial charge in [0.25, 0.3) is 0 Å². The Hall–Kier alpha value is -3.39. The van der Waals surface area contributed by atoms with E-state index in [1.165, 1.54) is 12.7 Å². The topological polar surface area (TPSA) is 77.4 Å². The number of esters is 2. The molecule has 2 aliphatic rings. The Morgan fingerprint density at radius 2 is 1.74 bits per heavy atom. The number of anilines is 1. The summed E-state index contributed by atoms with van der Waals surface area (Å²) in [5.74, 6) is 0.154. The van der Waals surface area contributed by atoms with E-state index >= 15 is 0 Å². The van der Waals surface area contributed by atoms with Crippen LogP contribution in [-0.4, -0.2) is 42.4 Å². The van der Waals surface area contributed by atoms with Crippen molar-refractivity contribution in [1.82, 2.24) is 0 Å². The summed E-state index contributed by atoms with van der Waals surface area (Å²) >= 11 is 3.40. The molecule has 0 saturated heterocycles. The molecular weight excluding hydrogens is 560 g/mol. The van der Waals surface area contributed by atoms with Crippen LogP contribution in [0.1, 0.15) is 46.6 Å². The van der Waals surface area contributed by atoms with Gasteiger partial charge in [0.15, 0.2) is 0 Å². The number of hydrogen-bond acceptors (Lipinski definition) is 7. The lowest BCUT2D eigenvalue weighted by Gasteiger charge is -2.45. The molecule has 0 fully saturated rings. The summed E-state index contributed by atoms with van der Waals surface area (Å²) in [6.45, 7) is 9.52. The lowest BCUT2D eigenvalue weighted by atomic mass is 9.77. The van der Waals surface area contributed by atoms with Gasteiger partial charge in [-0.3, -0.25) is 14.6 Å². The van der Waals surface area contributed by atoms with Crippen LogP contribution in [0.5, 0.6) is 11.5 Å². The summed E-state index contributed by atoms with van der Waals surface area (Å²) in [6, 6.07) is 17.7. The van der Waals surface area contributed by atoms with Crippen LogP contribution in [0.2, 0.25) is 0 Å². The van der Waals surface area contributed by atoms with Gasteiger partial charge in [0.1, 0.15) is 21.5 Å². The molecule has 0 bridgehead atoms. The number of likely N-dealkylation sites (N-methyl/N-ethyl adjacent to an activating group) is 1. The zero-order chi connectivity index (χ0) is 28.4. The van der Waals surface area contributed by atoms with E-state index in [9.17, 15) is 9.59 Å². The molecule has 39 heavy (non-hydrogen) atoms. The fourth-order valence-corrected chi connectivity index (χ4v) is 6.71. The SMILES string of the molecule is COC(=O)C(C)(Br)CC(C)(C)C(=O)Oc1ccc2ccc3c(c2c1)N=CC1(O3)N(C)c2ccccc2C1(C)C. The number of nitrogens with zero attached hydrogens (tertiary/aromatic N) is 2. The Labute approximate surface area is 237 Å². The van der Waals surface area contributed by atoms with E-state index in [-0.39, 0.29) is 11.8 Å². The van der Waals surface area contributed by atoms with Crippen LogP contribution >= 0.6 is 15.9 Å². The summed E-state index contributed by atoms with van der Waals surface area (Å²) < 4.78 is 16.4. The smallest absolute Gasteiger partial charge is 0.322 e. The third-order valence-electron chi connectivity index (χ3n) is 8.04. The minimum Gasteiger partial charge on any atom is -0.468 e. The van der Waals surface area contributed by atoms with Crippen molar-refractivity contribution in [3.63, 3.8) is 0 Å². The molecule has 0 radical (unpaired) electrons. The van der Waals surface area contributed by atoms with Gasteiger partial charge in [-0.25, -0.2) is 0 Å². The summed E-state index contributed by atoms with van der Waals surface area (Å²) in [4.78, 5) is 32.4. The molecule has 2 heterocycles. The summed E-state index contributed by atoms with van der Waals surface area (Å²) in [5.41, 5.74) is 0.903. The predicted octanol–water partition coefficient (Wildman–Crippen LogP) is 6.71. The third kappa shape index (κ3) is 4.20. The van der Waals surface area contributed by atoms with Crippen LogP contribution in [0.4, 0.5) is 11.4 Å². The largest absolute Gasteiger partial charge is 0.468 e. The van der Waals surface area contributed by atoms with Crippen LogP contribution in [0, 0.1) is 5.41 Å². The van der Waals surface area contributed by atoms with Crippen LogP contribution in [-0.2, 0) is 19.7 Å². The Balaban J connectivity index is 1.46. The number of para-hydroxylation sites is 1. The van der Waals surface area contributed by atoms with E-state index in [2.05, 4.69) is 46.8 Å².